The number of pyridine rings is 1. The van der Waals surface area contributed by atoms with Gasteiger partial charge in [0.05, 0.1) is 5.52 Å². The van der Waals surface area contributed by atoms with Gasteiger partial charge in [0.25, 0.3) is 5.56 Å². The highest BCUT2D eigenvalue weighted by molar-refractivity contribution is 6.05. The summed E-state index contributed by atoms with van der Waals surface area (Å²) in [4.78, 5) is 15.2. The van der Waals surface area contributed by atoms with Gasteiger partial charge in [-0.25, -0.2) is 0 Å². The summed E-state index contributed by atoms with van der Waals surface area (Å²) >= 11 is 0. The van der Waals surface area contributed by atoms with Crippen LogP contribution in [0.1, 0.15) is 13.8 Å². The van der Waals surface area contributed by atoms with Gasteiger partial charge in [0, 0.05) is 23.9 Å². The Balaban J connectivity index is 2.19. The molecule has 0 spiro atoms. The maximum atomic E-state index is 12.9. The van der Waals surface area contributed by atoms with Gasteiger partial charge in [0.2, 0.25) is 0 Å². The number of aromatic nitrogens is 1. The maximum Gasteiger partial charge on any atom is 0.258 e. The number of hydrogen-bond acceptors (Lipinski definition) is 2. The van der Waals surface area contributed by atoms with E-state index in [2.05, 4.69) is 24.8 Å². The first kappa shape index (κ1) is 14.8. The van der Waals surface area contributed by atoms with Crippen LogP contribution in [0.3, 0.4) is 0 Å². The molecule has 3 aromatic rings. The lowest BCUT2D eigenvalue weighted by Gasteiger charge is -2.20. The smallest absolute Gasteiger partial charge is 0.258 e. The van der Waals surface area contributed by atoms with Crippen molar-refractivity contribution in [3.8, 4) is 0 Å². The fourth-order valence-electron chi connectivity index (χ4n) is 3.10. The highest BCUT2D eigenvalue weighted by Gasteiger charge is 2.10. The summed E-state index contributed by atoms with van der Waals surface area (Å²) in [6.07, 6.45) is 0. The lowest BCUT2D eigenvalue weighted by atomic mass is 10.1. The SMILES string of the molecule is CCN(CC)CCn1c(=O)c2ccccc2c2ccccc21. The average Bonchev–Trinajstić information content (AvgIpc) is 2.58. The molecule has 114 valence electrons. The van der Waals surface area contributed by atoms with Gasteiger partial charge in [-0.2, -0.15) is 0 Å². The second-order valence-corrected chi connectivity index (χ2v) is 5.55. The topological polar surface area (TPSA) is 25.2 Å². The maximum absolute atomic E-state index is 12.9. The summed E-state index contributed by atoms with van der Waals surface area (Å²) in [5.74, 6) is 0. The first-order valence-corrected chi connectivity index (χ1v) is 7.99. The van der Waals surface area contributed by atoms with Crippen molar-refractivity contribution in [3.63, 3.8) is 0 Å². The van der Waals surface area contributed by atoms with E-state index in [1.54, 1.807) is 0 Å². The standard InChI is InChI=1S/C19H22N2O/c1-3-20(4-2)13-14-21-18-12-8-7-10-16(18)15-9-5-6-11-17(15)19(21)22/h5-12H,3-4,13-14H2,1-2H3. The Morgan fingerprint density at radius 2 is 1.45 bits per heavy atom. The second-order valence-electron chi connectivity index (χ2n) is 5.55. The Hall–Kier alpha value is -2.13. The van der Waals surface area contributed by atoms with Gasteiger partial charge < -0.3 is 9.47 Å². The quantitative estimate of drug-likeness (QED) is 0.673. The predicted octanol–water partition coefficient (Wildman–Crippen LogP) is 3.50. The van der Waals surface area contributed by atoms with Crippen molar-refractivity contribution in [3.05, 3.63) is 58.9 Å². The van der Waals surface area contributed by atoms with E-state index in [4.69, 9.17) is 0 Å². The van der Waals surface area contributed by atoms with E-state index in [1.165, 1.54) is 0 Å². The molecule has 0 unspecified atom stereocenters. The predicted molar refractivity (Wildman–Crippen MR) is 93.5 cm³/mol. The summed E-state index contributed by atoms with van der Waals surface area (Å²) in [6, 6.07) is 16.1. The minimum Gasteiger partial charge on any atom is -0.306 e. The Labute approximate surface area is 130 Å². The molecule has 0 N–H and O–H groups in total. The van der Waals surface area contributed by atoms with Gasteiger partial charge in [-0.15, -0.1) is 0 Å². The molecule has 3 nitrogen and oxygen atoms in total. The number of nitrogens with zero attached hydrogens (tertiary/aromatic N) is 2. The molecule has 22 heavy (non-hydrogen) atoms. The summed E-state index contributed by atoms with van der Waals surface area (Å²) in [5.41, 5.74) is 1.14. The Morgan fingerprint density at radius 1 is 0.864 bits per heavy atom. The van der Waals surface area contributed by atoms with Crippen molar-refractivity contribution in [1.29, 1.82) is 0 Å². The molecule has 3 heteroatoms. The number of fused-ring (bicyclic) bond motifs is 3. The summed E-state index contributed by atoms with van der Waals surface area (Å²) in [5, 5.41) is 3.00. The van der Waals surface area contributed by atoms with Crippen molar-refractivity contribution < 1.29 is 0 Å². The average molecular weight is 294 g/mol. The largest absolute Gasteiger partial charge is 0.306 e. The number of rotatable bonds is 5. The first-order chi connectivity index (χ1) is 10.8. The van der Waals surface area contributed by atoms with Crippen molar-refractivity contribution in [1.82, 2.24) is 9.47 Å². The normalized spacial score (nSPS) is 11.6. The fraction of sp³-hybridized carbons (Fsp3) is 0.316. The molecule has 0 bridgehead atoms. The zero-order valence-electron chi connectivity index (χ0n) is 13.2. The van der Waals surface area contributed by atoms with Crippen LogP contribution in [0, 0.1) is 0 Å². The lowest BCUT2D eigenvalue weighted by Crippen LogP contribution is -2.31. The second kappa shape index (κ2) is 6.32. The number of benzene rings is 2. The van der Waals surface area contributed by atoms with Crippen LogP contribution < -0.4 is 5.56 Å². The molecule has 0 saturated carbocycles. The Morgan fingerprint density at radius 3 is 2.14 bits per heavy atom. The molecular formula is C19H22N2O. The minimum atomic E-state index is 0.112. The molecule has 0 aliphatic heterocycles. The third-order valence-electron chi connectivity index (χ3n) is 4.42. The van der Waals surface area contributed by atoms with Crippen LogP contribution in [-0.4, -0.2) is 29.1 Å². The zero-order valence-corrected chi connectivity index (χ0v) is 13.2. The van der Waals surface area contributed by atoms with Gasteiger partial charge in [-0.3, -0.25) is 4.79 Å². The Bertz CT molecular complexity index is 847. The molecule has 3 rings (SSSR count). The van der Waals surface area contributed by atoms with Crippen molar-refractivity contribution in [2.24, 2.45) is 0 Å². The highest BCUT2D eigenvalue weighted by Crippen LogP contribution is 2.22. The number of para-hydroxylation sites is 1. The van der Waals surface area contributed by atoms with Gasteiger partial charge in [-0.05, 0) is 30.6 Å². The summed E-state index contributed by atoms with van der Waals surface area (Å²) in [7, 11) is 0. The monoisotopic (exact) mass is 294 g/mol. The van der Waals surface area contributed by atoms with E-state index in [9.17, 15) is 4.79 Å². The van der Waals surface area contributed by atoms with Gasteiger partial charge in [0.15, 0.2) is 0 Å². The van der Waals surface area contributed by atoms with E-state index >= 15 is 0 Å². The van der Waals surface area contributed by atoms with Crippen LogP contribution in [-0.2, 0) is 6.54 Å². The molecular weight excluding hydrogens is 272 g/mol. The zero-order chi connectivity index (χ0) is 15.5. The van der Waals surface area contributed by atoms with Gasteiger partial charge in [0.1, 0.15) is 0 Å². The molecule has 1 aromatic heterocycles. The first-order valence-electron chi connectivity index (χ1n) is 7.99. The molecule has 0 fully saturated rings. The third kappa shape index (κ3) is 2.53. The molecule has 0 atom stereocenters. The van der Waals surface area contributed by atoms with Crippen LogP contribution >= 0.6 is 0 Å². The van der Waals surface area contributed by atoms with Gasteiger partial charge >= 0.3 is 0 Å². The van der Waals surface area contributed by atoms with E-state index in [0.29, 0.717) is 0 Å². The Kier molecular flexibility index (Phi) is 4.25. The van der Waals surface area contributed by atoms with Crippen LogP contribution in [0.25, 0.3) is 21.7 Å². The van der Waals surface area contributed by atoms with E-state index in [1.807, 2.05) is 47.0 Å². The van der Waals surface area contributed by atoms with Crippen LogP contribution in [0.2, 0.25) is 0 Å². The minimum absolute atomic E-state index is 0.112. The van der Waals surface area contributed by atoms with Crippen molar-refractivity contribution in [2.75, 3.05) is 19.6 Å². The van der Waals surface area contributed by atoms with Crippen molar-refractivity contribution in [2.45, 2.75) is 20.4 Å². The van der Waals surface area contributed by atoms with E-state index in [-0.39, 0.29) is 5.56 Å². The molecule has 0 radical (unpaired) electrons. The fourth-order valence-corrected chi connectivity index (χ4v) is 3.10. The summed E-state index contributed by atoms with van der Waals surface area (Å²) < 4.78 is 1.93. The van der Waals surface area contributed by atoms with E-state index < -0.39 is 0 Å². The molecule has 1 heterocycles. The molecule has 2 aromatic carbocycles. The molecule has 0 aliphatic rings. The van der Waals surface area contributed by atoms with E-state index in [0.717, 1.165) is 47.9 Å². The van der Waals surface area contributed by atoms with Crippen LogP contribution in [0.4, 0.5) is 0 Å². The molecule has 0 saturated heterocycles. The van der Waals surface area contributed by atoms with Crippen molar-refractivity contribution >= 4 is 21.7 Å². The van der Waals surface area contributed by atoms with Crippen LogP contribution in [0.5, 0.6) is 0 Å². The number of likely N-dealkylation sites (N-methyl/N-ethyl adjacent to an activating group) is 1. The lowest BCUT2D eigenvalue weighted by molar-refractivity contribution is 0.291. The highest BCUT2D eigenvalue weighted by atomic mass is 16.1. The molecule has 0 aliphatic carbocycles. The summed E-state index contributed by atoms with van der Waals surface area (Å²) in [6.45, 7) is 7.96. The van der Waals surface area contributed by atoms with Crippen LogP contribution in [0.15, 0.2) is 53.3 Å². The number of hydrogen-bond donors (Lipinski definition) is 0. The molecule has 0 amide bonds. The third-order valence-corrected chi connectivity index (χ3v) is 4.42. The van der Waals surface area contributed by atoms with Gasteiger partial charge in [-0.1, -0.05) is 50.2 Å².